The molecule has 4 nitrogen and oxygen atoms in total. The van der Waals surface area contributed by atoms with Gasteiger partial charge in [-0.25, -0.2) is 0 Å². The lowest BCUT2D eigenvalue weighted by Gasteiger charge is -2.14. The fourth-order valence-electron chi connectivity index (χ4n) is 1.90. The third kappa shape index (κ3) is 1.53. The van der Waals surface area contributed by atoms with Crippen LogP contribution in [0.15, 0.2) is 30.7 Å². The van der Waals surface area contributed by atoms with E-state index in [1.807, 2.05) is 10.5 Å². The summed E-state index contributed by atoms with van der Waals surface area (Å²) in [5.41, 5.74) is 3.57. The number of fused-ring (bicyclic) bond motifs is 1. The van der Waals surface area contributed by atoms with Gasteiger partial charge in [0.25, 0.3) is 0 Å². The minimum absolute atomic E-state index is 0.897. The summed E-state index contributed by atoms with van der Waals surface area (Å²) in [6.07, 6.45) is 7.16. The van der Waals surface area contributed by atoms with Crippen LogP contribution in [-0.2, 0) is 0 Å². The topological polar surface area (TPSA) is 42.2 Å². The molecule has 3 rings (SSSR count). The van der Waals surface area contributed by atoms with E-state index >= 15 is 0 Å². The Labute approximate surface area is 87.6 Å². The predicted octanol–water partition coefficient (Wildman–Crippen LogP) is 1.11. The van der Waals surface area contributed by atoms with Crippen LogP contribution in [-0.4, -0.2) is 27.7 Å². The van der Waals surface area contributed by atoms with Crippen LogP contribution in [0.1, 0.15) is 12.0 Å². The lowest BCUT2D eigenvalue weighted by Crippen LogP contribution is -2.20. The molecule has 0 fully saturated rings. The fourth-order valence-corrected chi connectivity index (χ4v) is 1.90. The maximum absolute atomic E-state index is 3.99. The highest BCUT2D eigenvalue weighted by atomic mass is 15.2. The summed E-state index contributed by atoms with van der Waals surface area (Å²) in [6, 6.07) is 4.12. The second-order valence-corrected chi connectivity index (χ2v) is 3.70. The normalized spacial score (nSPS) is 16.7. The first-order chi connectivity index (χ1) is 7.43. The van der Waals surface area contributed by atoms with Crippen molar-refractivity contribution in [2.24, 2.45) is 0 Å². The van der Waals surface area contributed by atoms with Gasteiger partial charge in [0.1, 0.15) is 6.33 Å². The number of pyridine rings is 1. The third-order valence-corrected chi connectivity index (χ3v) is 2.73. The Balaban J connectivity index is 2.06. The summed E-state index contributed by atoms with van der Waals surface area (Å²) in [5, 5.41) is 11.2. The second-order valence-electron chi connectivity index (χ2n) is 3.70. The quantitative estimate of drug-likeness (QED) is 0.749. The summed E-state index contributed by atoms with van der Waals surface area (Å²) >= 11 is 0. The SMILES string of the molecule is C1=C(c2ccc3nncn3c2)CCNC1. The molecule has 0 saturated carbocycles. The summed E-state index contributed by atoms with van der Waals surface area (Å²) in [7, 11) is 0. The first-order valence-corrected chi connectivity index (χ1v) is 5.13. The summed E-state index contributed by atoms with van der Waals surface area (Å²) in [4.78, 5) is 0. The zero-order valence-electron chi connectivity index (χ0n) is 8.35. The molecule has 76 valence electrons. The van der Waals surface area contributed by atoms with Crippen molar-refractivity contribution in [3.05, 3.63) is 36.3 Å². The van der Waals surface area contributed by atoms with Gasteiger partial charge in [-0.15, -0.1) is 10.2 Å². The van der Waals surface area contributed by atoms with E-state index in [2.05, 4.69) is 33.9 Å². The minimum Gasteiger partial charge on any atom is -0.313 e. The van der Waals surface area contributed by atoms with Crippen LogP contribution in [0.3, 0.4) is 0 Å². The van der Waals surface area contributed by atoms with Crippen molar-refractivity contribution in [2.45, 2.75) is 6.42 Å². The molecular formula is C11H12N4. The fraction of sp³-hybridized carbons (Fsp3) is 0.273. The Morgan fingerprint density at radius 3 is 3.20 bits per heavy atom. The highest BCUT2D eigenvalue weighted by Gasteiger charge is 2.06. The Hall–Kier alpha value is -1.68. The smallest absolute Gasteiger partial charge is 0.160 e. The van der Waals surface area contributed by atoms with Gasteiger partial charge in [-0.2, -0.15) is 0 Å². The molecule has 1 aliphatic heterocycles. The Bertz CT molecular complexity index is 512. The van der Waals surface area contributed by atoms with E-state index in [1.165, 1.54) is 11.1 Å². The molecule has 15 heavy (non-hydrogen) atoms. The van der Waals surface area contributed by atoms with Gasteiger partial charge in [0, 0.05) is 12.7 Å². The van der Waals surface area contributed by atoms with E-state index in [9.17, 15) is 0 Å². The standard InChI is InChI=1S/C11H12N4/c1-2-11-14-13-8-15(11)7-10(1)9-3-5-12-6-4-9/h1-3,7-8,12H,4-6H2. The molecule has 0 bridgehead atoms. The van der Waals surface area contributed by atoms with E-state index in [-0.39, 0.29) is 0 Å². The van der Waals surface area contributed by atoms with Crippen LogP contribution in [0.2, 0.25) is 0 Å². The lowest BCUT2D eigenvalue weighted by molar-refractivity contribution is 0.738. The zero-order valence-corrected chi connectivity index (χ0v) is 8.35. The van der Waals surface area contributed by atoms with Gasteiger partial charge >= 0.3 is 0 Å². The molecule has 3 heterocycles. The summed E-state index contributed by atoms with van der Waals surface area (Å²) in [5.74, 6) is 0. The van der Waals surface area contributed by atoms with Gasteiger partial charge in [-0.1, -0.05) is 6.08 Å². The van der Waals surface area contributed by atoms with E-state index in [0.717, 1.165) is 25.2 Å². The molecule has 0 atom stereocenters. The van der Waals surface area contributed by atoms with E-state index in [0.29, 0.717) is 0 Å². The van der Waals surface area contributed by atoms with Crippen molar-refractivity contribution in [3.8, 4) is 0 Å². The average molecular weight is 200 g/mol. The van der Waals surface area contributed by atoms with Crippen molar-refractivity contribution in [3.63, 3.8) is 0 Å². The summed E-state index contributed by atoms with van der Waals surface area (Å²) < 4.78 is 1.96. The van der Waals surface area contributed by atoms with Crippen LogP contribution < -0.4 is 5.32 Å². The van der Waals surface area contributed by atoms with Gasteiger partial charge in [-0.05, 0) is 36.2 Å². The van der Waals surface area contributed by atoms with Crippen LogP contribution in [0.5, 0.6) is 0 Å². The number of hydrogen-bond donors (Lipinski definition) is 1. The maximum Gasteiger partial charge on any atom is 0.160 e. The lowest BCUT2D eigenvalue weighted by atomic mass is 10.0. The van der Waals surface area contributed by atoms with Crippen LogP contribution in [0.25, 0.3) is 11.2 Å². The van der Waals surface area contributed by atoms with Crippen molar-refractivity contribution in [2.75, 3.05) is 13.1 Å². The van der Waals surface area contributed by atoms with Crippen molar-refractivity contribution in [1.82, 2.24) is 19.9 Å². The number of nitrogens with zero attached hydrogens (tertiary/aromatic N) is 3. The molecule has 1 N–H and O–H groups in total. The number of hydrogen-bond acceptors (Lipinski definition) is 3. The first kappa shape index (κ1) is 8.61. The number of nitrogens with one attached hydrogen (secondary N) is 1. The molecule has 0 saturated heterocycles. The molecule has 1 aliphatic rings. The van der Waals surface area contributed by atoms with E-state index in [1.54, 1.807) is 6.33 Å². The molecule has 2 aromatic heterocycles. The Morgan fingerprint density at radius 2 is 2.33 bits per heavy atom. The molecule has 0 radical (unpaired) electrons. The van der Waals surface area contributed by atoms with Gasteiger partial charge in [0.15, 0.2) is 5.65 Å². The molecule has 0 aromatic carbocycles. The highest BCUT2D eigenvalue weighted by molar-refractivity contribution is 5.67. The number of aromatic nitrogens is 3. The largest absolute Gasteiger partial charge is 0.313 e. The third-order valence-electron chi connectivity index (χ3n) is 2.73. The molecule has 4 heteroatoms. The predicted molar refractivity (Wildman–Crippen MR) is 58.5 cm³/mol. The van der Waals surface area contributed by atoms with Crippen LogP contribution >= 0.6 is 0 Å². The number of rotatable bonds is 1. The highest BCUT2D eigenvalue weighted by Crippen LogP contribution is 2.19. The van der Waals surface area contributed by atoms with Gasteiger partial charge < -0.3 is 5.32 Å². The second kappa shape index (κ2) is 3.47. The Morgan fingerprint density at radius 1 is 1.33 bits per heavy atom. The van der Waals surface area contributed by atoms with E-state index in [4.69, 9.17) is 0 Å². The monoisotopic (exact) mass is 200 g/mol. The molecule has 0 unspecified atom stereocenters. The zero-order chi connectivity index (χ0) is 10.1. The van der Waals surface area contributed by atoms with Gasteiger partial charge in [0.2, 0.25) is 0 Å². The molecular weight excluding hydrogens is 188 g/mol. The molecule has 0 amide bonds. The van der Waals surface area contributed by atoms with E-state index < -0.39 is 0 Å². The molecule has 0 spiro atoms. The Kier molecular flexibility index (Phi) is 1.99. The maximum atomic E-state index is 3.99. The summed E-state index contributed by atoms with van der Waals surface area (Å²) in [6.45, 7) is 2.03. The van der Waals surface area contributed by atoms with Crippen molar-refractivity contribution < 1.29 is 0 Å². The van der Waals surface area contributed by atoms with Crippen molar-refractivity contribution >= 4 is 11.2 Å². The van der Waals surface area contributed by atoms with Gasteiger partial charge in [0.05, 0.1) is 0 Å². The minimum atomic E-state index is 0.897. The molecule has 0 aliphatic carbocycles. The van der Waals surface area contributed by atoms with Crippen LogP contribution in [0, 0.1) is 0 Å². The average Bonchev–Trinajstić information content (AvgIpc) is 2.77. The molecule has 2 aromatic rings. The van der Waals surface area contributed by atoms with Gasteiger partial charge in [-0.3, -0.25) is 4.40 Å². The van der Waals surface area contributed by atoms with Crippen molar-refractivity contribution in [1.29, 1.82) is 0 Å². The van der Waals surface area contributed by atoms with Crippen LogP contribution in [0.4, 0.5) is 0 Å². The first-order valence-electron chi connectivity index (χ1n) is 5.13.